The van der Waals surface area contributed by atoms with Gasteiger partial charge in [0.15, 0.2) is 5.16 Å². The van der Waals surface area contributed by atoms with Gasteiger partial charge in [-0.15, -0.1) is 23.7 Å². The van der Waals surface area contributed by atoms with Crippen LogP contribution in [0.5, 0.6) is 0 Å². The molecule has 0 aliphatic carbocycles. The fourth-order valence-electron chi connectivity index (χ4n) is 1.26. The molecule has 2 N–H and O–H groups in total. The highest BCUT2D eigenvalue weighted by molar-refractivity contribution is 7.99. The van der Waals surface area contributed by atoms with Crippen molar-refractivity contribution in [3.05, 3.63) is 11.4 Å². The van der Waals surface area contributed by atoms with E-state index in [0.717, 1.165) is 34.0 Å². The third-order valence-electron chi connectivity index (χ3n) is 2.03. The standard InChI is InChI=1S/C11H11N3S2/c1-2-3-4-6-16-11-13-9(12)8-5-7-15-10(8)14-11/h1,5,7H,3-4,6H2,(H2,12,13,14). The minimum Gasteiger partial charge on any atom is -0.383 e. The molecule has 0 bridgehead atoms. The summed E-state index contributed by atoms with van der Waals surface area (Å²) in [6, 6.07) is 1.95. The van der Waals surface area contributed by atoms with E-state index in [-0.39, 0.29) is 0 Å². The Morgan fingerprint density at radius 1 is 1.50 bits per heavy atom. The number of fused-ring (bicyclic) bond motifs is 1. The summed E-state index contributed by atoms with van der Waals surface area (Å²) < 4.78 is 0. The number of rotatable bonds is 4. The number of aromatic nitrogens is 2. The smallest absolute Gasteiger partial charge is 0.190 e. The van der Waals surface area contributed by atoms with Crippen molar-refractivity contribution in [1.29, 1.82) is 0 Å². The molecular formula is C11H11N3S2. The Balaban J connectivity index is 2.10. The van der Waals surface area contributed by atoms with Crippen molar-refractivity contribution in [3.8, 4) is 12.3 Å². The van der Waals surface area contributed by atoms with E-state index >= 15 is 0 Å². The molecular weight excluding hydrogens is 238 g/mol. The molecule has 0 radical (unpaired) electrons. The lowest BCUT2D eigenvalue weighted by atomic mass is 10.4. The van der Waals surface area contributed by atoms with Crippen LogP contribution in [0.4, 0.5) is 5.82 Å². The summed E-state index contributed by atoms with van der Waals surface area (Å²) in [6.07, 6.45) is 6.96. The minimum atomic E-state index is 0.561. The SMILES string of the molecule is C#CCCCSc1nc(N)c2ccsc2n1. The van der Waals surface area contributed by atoms with E-state index in [9.17, 15) is 0 Å². The zero-order chi connectivity index (χ0) is 11.4. The maximum absolute atomic E-state index is 5.84. The maximum Gasteiger partial charge on any atom is 0.190 e. The summed E-state index contributed by atoms with van der Waals surface area (Å²) >= 11 is 3.18. The Morgan fingerprint density at radius 3 is 3.19 bits per heavy atom. The number of thiophene rings is 1. The number of thioether (sulfide) groups is 1. The molecule has 0 aliphatic rings. The molecule has 16 heavy (non-hydrogen) atoms. The van der Waals surface area contributed by atoms with Crippen molar-refractivity contribution in [2.45, 2.75) is 18.0 Å². The van der Waals surface area contributed by atoms with Gasteiger partial charge in [-0.2, -0.15) is 0 Å². The molecule has 2 heterocycles. The maximum atomic E-state index is 5.84. The van der Waals surface area contributed by atoms with Crippen molar-refractivity contribution in [3.63, 3.8) is 0 Å². The molecule has 0 saturated heterocycles. The van der Waals surface area contributed by atoms with E-state index in [1.54, 1.807) is 23.1 Å². The predicted molar refractivity (Wildman–Crippen MR) is 70.6 cm³/mol. The lowest BCUT2D eigenvalue weighted by Crippen LogP contribution is -1.95. The van der Waals surface area contributed by atoms with Crippen molar-refractivity contribution in [2.75, 3.05) is 11.5 Å². The van der Waals surface area contributed by atoms with Gasteiger partial charge in [-0.1, -0.05) is 11.8 Å². The van der Waals surface area contributed by atoms with Gasteiger partial charge in [0, 0.05) is 12.2 Å². The topological polar surface area (TPSA) is 51.8 Å². The number of unbranched alkanes of at least 4 members (excludes halogenated alkanes) is 1. The van der Waals surface area contributed by atoms with Gasteiger partial charge in [0.1, 0.15) is 10.6 Å². The van der Waals surface area contributed by atoms with Gasteiger partial charge in [-0.25, -0.2) is 9.97 Å². The van der Waals surface area contributed by atoms with E-state index in [2.05, 4.69) is 15.9 Å². The molecule has 0 aliphatic heterocycles. The van der Waals surface area contributed by atoms with E-state index in [1.165, 1.54) is 0 Å². The first-order valence-corrected chi connectivity index (χ1v) is 6.75. The molecule has 0 amide bonds. The number of nitrogen functional groups attached to an aromatic ring is 1. The lowest BCUT2D eigenvalue weighted by Gasteiger charge is -2.01. The Morgan fingerprint density at radius 2 is 2.38 bits per heavy atom. The van der Waals surface area contributed by atoms with Gasteiger partial charge in [0.2, 0.25) is 0 Å². The van der Waals surface area contributed by atoms with Crippen LogP contribution in [0.3, 0.4) is 0 Å². The van der Waals surface area contributed by atoms with Crippen LogP contribution in [0.25, 0.3) is 10.2 Å². The van der Waals surface area contributed by atoms with Crippen LogP contribution in [-0.2, 0) is 0 Å². The average molecular weight is 249 g/mol. The van der Waals surface area contributed by atoms with Gasteiger partial charge >= 0.3 is 0 Å². The molecule has 2 rings (SSSR count). The van der Waals surface area contributed by atoms with E-state index in [1.807, 2.05) is 11.4 Å². The number of nitrogens with zero attached hydrogens (tertiary/aromatic N) is 2. The summed E-state index contributed by atoms with van der Waals surface area (Å²) in [4.78, 5) is 9.64. The van der Waals surface area contributed by atoms with E-state index in [4.69, 9.17) is 12.2 Å². The van der Waals surface area contributed by atoms with Gasteiger partial charge in [-0.05, 0) is 17.9 Å². The average Bonchev–Trinajstić information content (AvgIpc) is 2.73. The van der Waals surface area contributed by atoms with Crippen LogP contribution in [0.15, 0.2) is 16.6 Å². The summed E-state index contributed by atoms with van der Waals surface area (Å²) in [5.41, 5.74) is 5.84. The summed E-state index contributed by atoms with van der Waals surface area (Å²) in [6.45, 7) is 0. The third-order valence-corrected chi connectivity index (χ3v) is 3.77. The zero-order valence-electron chi connectivity index (χ0n) is 8.64. The highest BCUT2D eigenvalue weighted by Crippen LogP contribution is 2.26. The van der Waals surface area contributed by atoms with Crippen molar-refractivity contribution < 1.29 is 0 Å². The number of anilines is 1. The second-order valence-corrected chi connectivity index (χ2v) is 5.14. The molecule has 0 aromatic carbocycles. The Labute approximate surface area is 102 Å². The molecule has 0 saturated carbocycles. The Hall–Kier alpha value is -1.25. The van der Waals surface area contributed by atoms with Crippen molar-refractivity contribution >= 4 is 39.1 Å². The number of hydrogen-bond acceptors (Lipinski definition) is 5. The second kappa shape index (κ2) is 5.19. The Bertz CT molecular complexity index is 527. The molecule has 2 aromatic heterocycles. The van der Waals surface area contributed by atoms with Crippen LogP contribution >= 0.6 is 23.1 Å². The largest absolute Gasteiger partial charge is 0.383 e. The van der Waals surface area contributed by atoms with Gasteiger partial charge in [0.05, 0.1) is 5.39 Å². The van der Waals surface area contributed by atoms with Crippen LogP contribution in [0, 0.1) is 12.3 Å². The molecule has 2 aromatic rings. The molecule has 0 fully saturated rings. The van der Waals surface area contributed by atoms with Gasteiger partial charge in [0.25, 0.3) is 0 Å². The van der Waals surface area contributed by atoms with Crippen LogP contribution in [0.1, 0.15) is 12.8 Å². The quantitative estimate of drug-likeness (QED) is 0.392. The van der Waals surface area contributed by atoms with E-state index < -0.39 is 0 Å². The summed E-state index contributed by atoms with van der Waals surface area (Å²) in [7, 11) is 0. The number of hydrogen-bond donors (Lipinski definition) is 1. The first-order chi connectivity index (χ1) is 7.81. The molecule has 0 spiro atoms. The lowest BCUT2D eigenvalue weighted by molar-refractivity contribution is 0.974. The predicted octanol–water partition coefficient (Wildman–Crippen LogP) is 2.78. The van der Waals surface area contributed by atoms with Crippen LogP contribution < -0.4 is 5.73 Å². The summed E-state index contributed by atoms with van der Waals surface area (Å²) in [5, 5.41) is 3.66. The van der Waals surface area contributed by atoms with Crippen molar-refractivity contribution in [1.82, 2.24) is 9.97 Å². The highest BCUT2D eigenvalue weighted by Gasteiger charge is 2.06. The second-order valence-electron chi connectivity index (χ2n) is 3.19. The third kappa shape index (κ3) is 2.46. The van der Waals surface area contributed by atoms with Crippen LogP contribution in [0.2, 0.25) is 0 Å². The summed E-state index contributed by atoms with van der Waals surface area (Å²) in [5.74, 6) is 4.11. The number of nitrogens with two attached hydrogens (primary N) is 1. The first-order valence-electron chi connectivity index (χ1n) is 4.88. The first kappa shape index (κ1) is 11.2. The molecule has 0 unspecified atom stereocenters. The molecule has 0 atom stereocenters. The minimum absolute atomic E-state index is 0.561. The monoisotopic (exact) mass is 249 g/mol. The fraction of sp³-hybridized carbons (Fsp3) is 0.273. The van der Waals surface area contributed by atoms with E-state index in [0.29, 0.717) is 5.82 Å². The molecule has 82 valence electrons. The fourth-order valence-corrected chi connectivity index (χ4v) is 2.88. The zero-order valence-corrected chi connectivity index (χ0v) is 10.3. The normalized spacial score (nSPS) is 10.4. The number of terminal acetylenes is 1. The Kier molecular flexibility index (Phi) is 3.65. The van der Waals surface area contributed by atoms with Crippen molar-refractivity contribution in [2.24, 2.45) is 0 Å². The van der Waals surface area contributed by atoms with Gasteiger partial charge in [-0.3, -0.25) is 0 Å². The van der Waals surface area contributed by atoms with Crippen LogP contribution in [-0.4, -0.2) is 15.7 Å². The van der Waals surface area contributed by atoms with Gasteiger partial charge < -0.3 is 5.73 Å². The molecule has 3 nitrogen and oxygen atoms in total. The highest BCUT2D eigenvalue weighted by atomic mass is 32.2. The molecule has 5 heteroatoms.